The van der Waals surface area contributed by atoms with Gasteiger partial charge in [0, 0.05) is 10.6 Å². The van der Waals surface area contributed by atoms with Gasteiger partial charge < -0.3 is 5.73 Å². The van der Waals surface area contributed by atoms with Crippen LogP contribution in [-0.2, 0) is 16.6 Å². The molecule has 94 valence electrons. The highest BCUT2D eigenvalue weighted by Gasteiger charge is 2.07. The SMILES string of the molecule is Nc1cccc(S(=O)Cc2ccc(F)c(Cl)c2)c1. The maximum absolute atomic E-state index is 13.0. The van der Waals surface area contributed by atoms with Crippen molar-refractivity contribution in [3.8, 4) is 0 Å². The van der Waals surface area contributed by atoms with Crippen molar-refractivity contribution >= 4 is 28.1 Å². The molecule has 2 N–H and O–H groups in total. The van der Waals surface area contributed by atoms with Gasteiger partial charge in [-0.05, 0) is 35.9 Å². The predicted molar refractivity (Wildman–Crippen MR) is 72.4 cm³/mol. The molecule has 1 atom stereocenters. The first-order valence-corrected chi connectivity index (χ1v) is 6.94. The molecular weight excluding hydrogens is 273 g/mol. The van der Waals surface area contributed by atoms with Gasteiger partial charge in [0.25, 0.3) is 0 Å². The number of rotatable bonds is 3. The Hall–Kier alpha value is -1.39. The van der Waals surface area contributed by atoms with Gasteiger partial charge in [0.2, 0.25) is 0 Å². The summed E-state index contributed by atoms with van der Waals surface area (Å²) in [4.78, 5) is 0.649. The summed E-state index contributed by atoms with van der Waals surface area (Å²) in [5.74, 6) is -0.196. The lowest BCUT2D eigenvalue weighted by molar-refractivity contribution is 0.627. The van der Waals surface area contributed by atoms with E-state index in [0.29, 0.717) is 10.6 Å². The number of nitrogens with two attached hydrogens (primary N) is 1. The Morgan fingerprint density at radius 3 is 2.67 bits per heavy atom. The van der Waals surface area contributed by atoms with Crippen LogP contribution in [0.4, 0.5) is 10.1 Å². The Labute approximate surface area is 112 Å². The zero-order valence-electron chi connectivity index (χ0n) is 9.40. The van der Waals surface area contributed by atoms with Gasteiger partial charge in [-0.2, -0.15) is 0 Å². The average molecular weight is 284 g/mol. The molecule has 2 aromatic rings. The van der Waals surface area contributed by atoms with E-state index in [1.807, 2.05) is 0 Å². The van der Waals surface area contributed by atoms with Crippen molar-refractivity contribution < 1.29 is 8.60 Å². The van der Waals surface area contributed by atoms with Gasteiger partial charge in [-0.15, -0.1) is 0 Å². The third-order valence-corrected chi connectivity index (χ3v) is 4.07. The highest BCUT2D eigenvalue weighted by atomic mass is 35.5. The van der Waals surface area contributed by atoms with Crippen molar-refractivity contribution in [1.29, 1.82) is 0 Å². The molecule has 0 fully saturated rings. The lowest BCUT2D eigenvalue weighted by Gasteiger charge is -2.04. The van der Waals surface area contributed by atoms with E-state index in [9.17, 15) is 8.60 Å². The summed E-state index contributed by atoms with van der Waals surface area (Å²) in [5.41, 5.74) is 6.92. The van der Waals surface area contributed by atoms with Crippen LogP contribution in [0.2, 0.25) is 5.02 Å². The zero-order chi connectivity index (χ0) is 13.1. The lowest BCUT2D eigenvalue weighted by atomic mass is 10.2. The molecule has 1 unspecified atom stereocenters. The minimum absolute atomic E-state index is 0.0390. The van der Waals surface area contributed by atoms with Crippen molar-refractivity contribution in [2.45, 2.75) is 10.6 Å². The monoisotopic (exact) mass is 283 g/mol. The van der Waals surface area contributed by atoms with Gasteiger partial charge in [0.05, 0.1) is 21.6 Å². The van der Waals surface area contributed by atoms with Crippen molar-refractivity contribution in [2.75, 3.05) is 5.73 Å². The Kier molecular flexibility index (Phi) is 3.99. The maximum atomic E-state index is 13.0. The highest BCUT2D eigenvalue weighted by Crippen LogP contribution is 2.19. The largest absolute Gasteiger partial charge is 0.399 e. The number of halogens is 2. The molecule has 0 aliphatic rings. The predicted octanol–water partition coefficient (Wildman–Crippen LogP) is 3.37. The summed E-state index contributed by atoms with van der Waals surface area (Å²) in [6.07, 6.45) is 0. The molecule has 0 radical (unpaired) electrons. The van der Waals surface area contributed by atoms with E-state index in [-0.39, 0.29) is 10.8 Å². The molecule has 2 nitrogen and oxygen atoms in total. The minimum Gasteiger partial charge on any atom is -0.399 e. The van der Waals surface area contributed by atoms with Gasteiger partial charge in [-0.3, -0.25) is 4.21 Å². The second-order valence-electron chi connectivity index (χ2n) is 3.81. The molecule has 2 rings (SSSR count). The van der Waals surface area contributed by atoms with E-state index in [2.05, 4.69) is 0 Å². The normalized spacial score (nSPS) is 12.3. The number of anilines is 1. The fourth-order valence-corrected chi connectivity index (χ4v) is 2.87. The van der Waals surface area contributed by atoms with Crippen LogP contribution < -0.4 is 5.73 Å². The third kappa shape index (κ3) is 3.09. The van der Waals surface area contributed by atoms with Gasteiger partial charge in [-0.1, -0.05) is 23.7 Å². The minimum atomic E-state index is -1.22. The van der Waals surface area contributed by atoms with Crippen LogP contribution >= 0.6 is 11.6 Å². The van der Waals surface area contributed by atoms with Crippen LogP contribution in [0.15, 0.2) is 47.4 Å². The Bertz CT molecular complexity index is 603. The van der Waals surface area contributed by atoms with Crippen LogP contribution in [0.25, 0.3) is 0 Å². The van der Waals surface area contributed by atoms with Crippen LogP contribution in [0.1, 0.15) is 5.56 Å². The number of hydrogen-bond acceptors (Lipinski definition) is 2. The van der Waals surface area contributed by atoms with Gasteiger partial charge in [0.15, 0.2) is 0 Å². The van der Waals surface area contributed by atoms with Gasteiger partial charge in [0.1, 0.15) is 5.82 Å². The fraction of sp³-hybridized carbons (Fsp3) is 0.0769. The van der Waals surface area contributed by atoms with Crippen LogP contribution in [0, 0.1) is 5.82 Å². The fourth-order valence-electron chi connectivity index (χ4n) is 1.52. The highest BCUT2D eigenvalue weighted by molar-refractivity contribution is 7.84. The first kappa shape index (κ1) is 13.1. The molecule has 0 spiro atoms. The Morgan fingerprint density at radius 1 is 1.22 bits per heavy atom. The number of nitrogen functional groups attached to an aromatic ring is 1. The smallest absolute Gasteiger partial charge is 0.141 e. The molecule has 0 aromatic heterocycles. The first-order chi connectivity index (χ1) is 8.56. The van der Waals surface area contributed by atoms with Crippen LogP contribution in [-0.4, -0.2) is 4.21 Å². The molecule has 0 aliphatic carbocycles. The molecule has 2 aromatic carbocycles. The molecular formula is C13H11ClFNOS. The first-order valence-electron chi connectivity index (χ1n) is 5.24. The maximum Gasteiger partial charge on any atom is 0.141 e. The van der Waals surface area contributed by atoms with E-state index in [1.165, 1.54) is 12.1 Å². The second kappa shape index (κ2) is 5.50. The summed E-state index contributed by atoms with van der Waals surface area (Å²) < 4.78 is 25.1. The molecule has 0 saturated carbocycles. The standard InChI is InChI=1S/C13H11ClFNOS/c14-12-6-9(4-5-13(12)15)8-18(17)11-3-1-2-10(16)7-11/h1-7H,8,16H2. The molecule has 0 saturated heterocycles. The Morgan fingerprint density at radius 2 is 2.00 bits per heavy atom. The van der Waals surface area contributed by atoms with Crippen molar-refractivity contribution in [3.63, 3.8) is 0 Å². The van der Waals surface area contributed by atoms with Crippen molar-refractivity contribution in [1.82, 2.24) is 0 Å². The molecule has 0 aliphatic heterocycles. The summed E-state index contributed by atoms with van der Waals surface area (Å²) in [5, 5.41) is 0.0390. The molecule has 0 bridgehead atoms. The van der Waals surface area contributed by atoms with E-state index >= 15 is 0 Å². The molecule has 18 heavy (non-hydrogen) atoms. The van der Waals surface area contributed by atoms with Crippen molar-refractivity contribution in [2.24, 2.45) is 0 Å². The summed E-state index contributed by atoms with van der Waals surface area (Å²) >= 11 is 5.67. The van der Waals surface area contributed by atoms with Gasteiger partial charge in [-0.25, -0.2) is 4.39 Å². The van der Waals surface area contributed by atoms with E-state index in [1.54, 1.807) is 30.3 Å². The topological polar surface area (TPSA) is 43.1 Å². The summed E-state index contributed by atoms with van der Waals surface area (Å²) in [7, 11) is -1.22. The average Bonchev–Trinajstić information content (AvgIpc) is 2.34. The van der Waals surface area contributed by atoms with E-state index in [0.717, 1.165) is 5.56 Å². The van der Waals surface area contributed by atoms with E-state index in [4.69, 9.17) is 17.3 Å². The molecule has 5 heteroatoms. The third-order valence-electron chi connectivity index (χ3n) is 2.40. The Balaban J connectivity index is 2.18. The van der Waals surface area contributed by atoms with Crippen LogP contribution in [0.5, 0.6) is 0 Å². The molecule has 0 amide bonds. The molecule has 0 heterocycles. The zero-order valence-corrected chi connectivity index (χ0v) is 11.0. The summed E-state index contributed by atoms with van der Waals surface area (Å²) in [6.45, 7) is 0. The quantitative estimate of drug-likeness (QED) is 0.878. The number of benzene rings is 2. The van der Waals surface area contributed by atoms with E-state index < -0.39 is 16.6 Å². The van der Waals surface area contributed by atoms with Gasteiger partial charge >= 0.3 is 0 Å². The van der Waals surface area contributed by atoms with Crippen molar-refractivity contribution in [3.05, 3.63) is 58.9 Å². The number of hydrogen-bond donors (Lipinski definition) is 1. The summed E-state index contributed by atoms with van der Waals surface area (Å²) in [6, 6.07) is 11.2. The van der Waals surface area contributed by atoms with Crippen LogP contribution in [0.3, 0.4) is 0 Å². The lowest BCUT2D eigenvalue weighted by Crippen LogP contribution is -1.98. The second-order valence-corrected chi connectivity index (χ2v) is 5.67.